The van der Waals surface area contributed by atoms with Gasteiger partial charge in [-0.2, -0.15) is 0 Å². The zero-order chi connectivity index (χ0) is 19.2. The summed E-state index contributed by atoms with van der Waals surface area (Å²) in [5, 5.41) is 5.64. The van der Waals surface area contributed by atoms with E-state index < -0.39 is 5.82 Å². The summed E-state index contributed by atoms with van der Waals surface area (Å²) in [4.78, 5) is 24.5. The van der Waals surface area contributed by atoms with Crippen molar-refractivity contribution in [1.29, 1.82) is 0 Å². The Labute approximate surface area is 157 Å². The molecule has 136 valence electrons. The van der Waals surface area contributed by atoms with Crippen LogP contribution in [-0.4, -0.2) is 11.8 Å². The van der Waals surface area contributed by atoms with Crippen molar-refractivity contribution in [2.24, 2.45) is 0 Å². The lowest BCUT2D eigenvalue weighted by molar-refractivity contribution is 0.0949. The van der Waals surface area contributed by atoms with E-state index in [1.165, 1.54) is 24.3 Å². The third-order valence-electron chi connectivity index (χ3n) is 4.02. The average Bonchev–Trinajstić information content (AvgIpc) is 2.67. The predicted molar refractivity (Wildman–Crippen MR) is 103 cm³/mol. The molecule has 0 aromatic heterocycles. The molecule has 2 N–H and O–H groups in total. The van der Waals surface area contributed by atoms with Gasteiger partial charge in [-0.05, 0) is 61.0 Å². The zero-order valence-corrected chi connectivity index (χ0v) is 14.8. The highest BCUT2D eigenvalue weighted by Gasteiger charge is 2.08. The van der Waals surface area contributed by atoms with Gasteiger partial charge in [0.1, 0.15) is 5.82 Å². The van der Waals surface area contributed by atoms with Gasteiger partial charge in [0.05, 0.1) is 0 Å². The molecule has 4 nitrogen and oxygen atoms in total. The quantitative estimate of drug-likeness (QED) is 0.710. The summed E-state index contributed by atoms with van der Waals surface area (Å²) in [6, 6.07) is 19.9. The molecular weight excluding hydrogens is 343 g/mol. The molecule has 0 unspecified atom stereocenters. The second kappa shape index (κ2) is 8.27. The second-order valence-corrected chi connectivity index (χ2v) is 6.21. The Morgan fingerprint density at radius 2 is 1.59 bits per heavy atom. The number of carbonyl (C=O) groups is 2. The van der Waals surface area contributed by atoms with Gasteiger partial charge < -0.3 is 10.6 Å². The molecule has 0 saturated carbocycles. The summed E-state index contributed by atoms with van der Waals surface area (Å²) >= 11 is 0. The van der Waals surface area contributed by atoms with E-state index >= 15 is 0 Å². The Morgan fingerprint density at radius 1 is 0.852 bits per heavy atom. The van der Waals surface area contributed by atoms with Gasteiger partial charge in [0.25, 0.3) is 11.8 Å². The summed E-state index contributed by atoms with van der Waals surface area (Å²) < 4.78 is 13.0. The van der Waals surface area contributed by atoms with Crippen molar-refractivity contribution >= 4 is 17.5 Å². The van der Waals surface area contributed by atoms with E-state index in [0.717, 1.165) is 11.1 Å². The van der Waals surface area contributed by atoms with Crippen molar-refractivity contribution in [2.45, 2.75) is 13.5 Å². The fourth-order valence-electron chi connectivity index (χ4n) is 2.63. The van der Waals surface area contributed by atoms with E-state index in [1.807, 2.05) is 31.2 Å². The molecule has 2 amide bonds. The van der Waals surface area contributed by atoms with Gasteiger partial charge in [0.15, 0.2) is 0 Å². The maximum absolute atomic E-state index is 13.0. The second-order valence-electron chi connectivity index (χ2n) is 6.21. The SMILES string of the molecule is Cc1cccc(C(=O)NCc2cccc(NC(=O)c3ccc(F)cc3)c2)c1. The zero-order valence-electron chi connectivity index (χ0n) is 14.8. The third-order valence-corrected chi connectivity index (χ3v) is 4.02. The molecule has 0 fully saturated rings. The number of nitrogens with one attached hydrogen (secondary N) is 2. The summed E-state index contributed by atoms with van der Waals surface area (Å²) in [6.07, 6.45) is 0. The minimum absolute atomic E-state index is 0.153. The van der Waals surface area contributed by atoms with Gasteiger partial charge in [0, 0.05) is 23.4 Å². The first-order chi connectivity index (χ1) is 13.0. The number of benzene rings is 3. The predicted octanol–water partition coefficient (Wildman–Crippen LogP) is 4.32. The monoisotopic (exact) mass is 362 g/mol. The molecule has 0 spiro atoms. The lowest BCUT2D eigenvalue weighted by Gasteiger charge is -2.09. The first kappa shape index (κ1) is 18.3. The van der Waals surface area contributed by atoms with Gasteiger partial charge in [-0.3, -0.25) is 9.59 Å². The van der Waals surface area contributed by atoms with Crippen LogP contribution < -0.4 is 10.6 Å². The van der Waals surface area contributed by atoms with Crippen LogP contribution in [0.2, 0.25) is 0 Å². The number of amides is 2. The highest BCUT2D eigenvalue weighted by Crippen LogP contribution is 2.13. The van der Waals surface area contributed by atoms with Crippen LogP contribution in [0.25, 0.3) is 0 Å². The standard InChI is InChI=1S/C22H19FN2O2/c1-15-4-2-6-18(12-15)21(26)24-14-16-5-3-7-20(13-16)25-22(27)17-8-10-19(23)11-9-17/h2-13H,14H2,1H3,(H,24,26)(H,25,27). The molecule has 0 bridgehead atoms. The van der Waals surface area contributed by atoms with Crippen molar-refractivity contribution in [2.75, 3.05) is 5.32 Å². The van der Waals surface area contributed by atoms with Crippen LogP contribution in [-0.2, 0) is 6.54 Å². The summed E-state index contributed by atoms with van der Waals surface area (Å²) in [5.74, 6) is -0.867. The average molecular weight is 362 g/mol. The largest absolute Gasteiger partial charge is 0.348 e. The number of hydrogen-bond acceptors (Lipinski definition) is 2. The summed E-state index contributed by atoms with van der Waals surface area (Å²) in [5.41, 5.74) is 3.46. The Kier molecular flexibility index (Phi) is 5.61. The van der Waals surface area contributed by atoms with Crippen molar-refractivity contribution in [3.63, 3.8) is 0 Å². The molecule has 3 aromatic carbocycles. The Bertz CT molecular complexity index is 968. The maximum Gasteiger partial charge on any atom is 0.255 e. The van der Waals surface area contributed by atoms with Gasteiger partial charge in [-0.15, -0.1) is 0 Å². The van der Waals surface area contributed by atoms with Crippen LogP contribution in [0.4, 0.5) is 10.1 Å². The van der Waals surface area contributed by atoms with Gasteiger partial charge in [-0.1, -0.05) is 29.8 Å². The molecule has 3 aromatic rings. The minimum atomic E-state index is -0.391. The number of anilines is 1. The van der Waals surface area contributed by atoms with Gasteiger partial charge >= 0.3 is 0 Å². The number of aryl methyl sites for hydroxylation is 1. The highest BCUT2D eigenvalue weighted by molar-refractivity contribution is 6.04. The van der Waals surface area contributed by atoms with Crippen molar-refractivity contribution in [3.8, 4) is 0 Å². The lowest BCUT2D eigenvalue weighted by Crippen LogP contribution is -2.23. The van der Waals surface area contributed by atoms with Crippen molar-refractivity contribution in [3.05, 3.63) is 101 Å². The number of rotatable bonds is 5. The molecule has 27 heavy (non-hydrogen) atoms. The van der Waals surface area contributed by atoms with E-state index in [9.17, 15) is 14.0 Å². The molecule has 0 aliphatic rings. The third kappa shape index (κ3) is 5.01. The number of halogens is 1. The fourth-order valence-corrected chi connectivity index (χ4v) is 2.63. The molecule has 3 rings (SSSR count). The van der Waals surface area contributed by atoms with E-state index in [2.05, 4.69) is 10.6 Å². The van der Waals surface area contributed by atoms with Crippen LogP contribution in [0.3, 0.4) is 0 Å². The van der Waals surface area contributed by atoms with Crippen LogP contribution in [0.15, 0.2) is 72.8 Å². The normalized spacial score (nSPS) is 10.3. The smallest absolute Gasteiger partial charge is 0.255 e. The molecule has 5 heteroatoms. The van der Waals surface area contributed by atoms with Gasteiger partial charge in [0.2, 0.25) is 0 Å². The first-order valence-electron chi connectivity index (χ1n) is 8.52. The van der Waals surface area contributed by atoms with E-state index in [4.69, 9.17) is 0 Å². The number of carbonyl (C=O) groups excluding carboxylic acids is 2. The van der Waals surface area contributed by atoms with Crippen LogP contribution in [0, 0.1) is 12.7 Å². The molecular formula is C22H19FN2O2. The van der Waals surface area contributed by atoms with E-state index in [-0.39, 0.29) is 11.8 Å². The molecule has 0 saturated heterocycles. The minimum Gasteiger partial charge on any atom is -0.348 e. The highest BCUT2D eigenvalue weighted by atomic mass is 19.1. The summed E-state index contributed by atoms with van der Waals surface area (Å²) in [7, 11) is 0. The molecule has 0 heterocycles. The van der Waals surface area contributed by atoms with E-state index in [0.29, 0.717) is 23.4 Å². The maximum atomic E-state index is 13.0. The summed E-state index contributed by atoms with van der Waals surface area (Å²) in [6.45, 7) is 2.27. The van der Waals surface area contributed by atoms with Crippen molar-refractivity contribution in [1.82, 2.24) is 5.32 Å². The molecule has 0 aliphatic heterocycles. The first-order valence-corrected chi connectivity index (χ1v) is 8.52. The van der Waals surface area contributed by atoms with E-state index in [1.54, 1.807) is 24.3 Å². The topological polar surface area (TPSA) is 58.2 Å². The molecule has 0 atom stereocenters. The Morgan fingerprint density at radius 3 is 2.33 bits per heavy atom. The Hall–Kier alpha value is -3.47. The van der Waals surface area contributed by atoms with Crippen LogP contribution >= 0.6 is 0 Å². The molecule has 0 aliphatic carbocycles. The van der Waals surface area contributed by atoms with Crippen molar-refractivity contribution < 1.29 is 14.0 Å². The Balaban J connectivity index is 1.62. The lowest BCUT2D eigenvalue weighted by atomic mass is 10.1. The number of hydrogen-bond donors (Lipinski definition) is 2. The molecule has 0 radical (unpaired) electrons. The van der Waals surface area contributed by atoms with Crippen LogP contribution in [0.5, 0.6) is 0 Å². The van der Waals surface area contributed by atoms with Crippen LogP contribution in [0.1, 0.15) is 31.8 Å². The fraction of sp³-hybridized carbons (Fsp3) is 0.0909. The van der Waals surface area contributed by atoms with Gasteiger partial charge in [-0.25, -0.2) is 4.39 Å².